The van der Waals surface area contributed by atoms with Crippen LogP contribution >= 0.6 is 0 Å². The Morgan fingerprint density at radius 2 is 2.03 bits per heavy atom. The van der Waals surface area contributed by atoms with Crippen molar-refractivity contribution in [2.45, 2.75) is 91.5 Å². The van der Waals surface area contributed by atoms with E-state index >= 15 is 4.39 Å². The third-order valence-corrected chi connectivity index (χ3v) is 10.2. The zero-order chi connectivity index (χ0) is 22.2. The summed E-state index contributed by atoms with van der Waals surface area (Å²) in [5.74, 6) is 0.517. The van der Waals surface area contributed by atoms with Gasteiger partial charge in [0.05, 0.1) is 0 Å². The maximum Gasteiger partial charge on any atom is 0.193 e. The SMILES string of the molecule is CC(=CC[C@H](O[Si](C)(C)C(C)(C)C)C(F)=Cc1coc(C)n1)CCC[C@H](C)CO. The number of oxazole rings is 1. The Labute approximate surface area is 177 Å². The van der Waals surface area contributed by atoms with Crippen LogP contribution in [0.2, 0.25) is 18.1 Å². The summed E-state index contributed by atoms with van der Waals surface area (Å²) >= 11 is 0. The van der Waals surface area contributed by atoms with E-state index in [0.717, 1.165) is 19.3 Å². The molecule has 6 heteroatoms. The first-order chi connectivity index (χ1) is 13.4. The van der Waals surface area contributed by atoms with Crippen LogP contribution in [0.15, 0.2) is 28.2 Å². The first kappa shape index (κ1) is 25.8. The van der Waals surface area contributed by atoms with E-state index in [4.69, 9.17) is 13.9 Å². The first-order valence-corrected chi connectivity index (χ1v) is 13.5. The van der Waals surface area contributed by atoms with Gasteiger partial charge in [0, 0.05) is 19.6 Å². The molecule has 0 bridgehead atoms. The molecular formula is C23H40FNO3Si. The molecule has 1 aromatic rings. The molecule has 0 saturated heterocycles. The standard InChI is InChI=1S/C23H40FNO3Si/c1-17(10-9-11-18(2)15-26)12-13-22(28-29(7,8)23(4,5)6)21(24)14-20-16-27-19(3)25-20/h12,14,16,18,22,26H,9-11,13,15H2,1-8H3/t18-,22-/m0/s1. The van der Waals surface area contributed by atoms with Crippen molar-refractivity contribution in [2.75, 3.05) is 6.61 Å². The Kier molecular flexibility index (Phi) is 9.99. The second-order valence-corrected chi connectivity index (χ2v) is 14.4. The number of nitrogens with zero attached hydrogens (tertiary/aromatic N) is 1. The van der Waals surface area contributed by atoms with Gasteiger partial charge in [0.1, 0.15) is 23.9 Å². The Balaban J connectivity index is 2.92. The molecule has 0 saturated carbocycles. The molecule has 1 aromatic heterocycles. The molecule has 0 aliphatic rings. The molecule has 1 rings (SSSR count). The van der Waals surface area contributed by atoms with Crippen molar-refractivity contribution in [2.24, 2.45) is 5.92 Å². The van der Waals surface area contributed by atoms with Gasteiger partial charge < -0.3 is 13.9 Å². The molecule has 0 spiro atoms. The smallest absolute Gasteiger partial charge is 0.193 e. The zero-order valence-electron chi connectivity index (χ0n) is 19.5. The summed E-state index contributed by atoms with van der Waals surface area (Å²) in [7, 11) is -2.14. The number of aromatic nitrogens is 1. The summed E-state index contributed by atoms with van der Waals surface area (Å²) < 4.78 is 26.8. The normalized spacial score (nSPS) is 16.2. The van der Waals surface area contributed by atoms with Gasteiger partial charge in [-0.2, -0.15) is 0 Å². The minimum atomic E-state index is -2.14. The van der Waals surface area contributed by atoms with Gasteiger partial charge in [-0.05, 0) is 56.7 Å². The van der Waals surface area contributed by atoms with Gasteiger partial charge in [-0.25, -0.2) is 9.37 Å². The highest BCUT2D eigenvalue weighted by molar-refractivity contribution is 6.74. The van der Waals surface area contributed by atoms with Crippen LogP contribution in [-0.4, -0.2) is 31.1 Å². The molecule has 29 heavy (non-hydrogen) atoms. The molecule has 4 nitrogen and oxygen atoms in total. The number of aryl methyl sites for hydroxylation is 1. The van der Waals surface area contributed by atoms with Gasteiger partial charge in [-0.3, -0.25) is 0 Å². The topological polar surface area (TPSA) is 55.5 Å². The van der Waals surface area contributed by atoms with Crippen molar-refractivity contribution in [3.8, 4) is 0 Å². The highest BCUT2D eigenvalue weighted by atomic mass is 28.4. The molecule has 2 atom stereocenters. The van der Waals surface area contributed by atoms with Crippen molar-refractivity contribution in [1.29, 1.82) is 0 Å². The number of aliphatic hydroxyl groups excluding tert-OH is 1. The largest absolute Gasteiger partial charge is 0.449 e. The molecule has 0 aromatic carbocycles. The fourth-order valence-electron chi connectivity index (χ4n) is 2.66. The quantitative estimate of drug-likeness (QED) is 0.312. The van der Waals surface area contributed by atoms with Crippen LogP contribution < -0.4 is 0 Å². The van der Waals surface area contributed by atoms with Crippen molar-refractivity contribution in [3.05, 3.63) is 35.3 Å². The minimum Gasteiger partial charge on any atom is -0.449 e. The van der Waals surface area contributed by atoms with Gasteiger partial charge >= 0.3 is 0 Å². The fourth-order valence-corrected chi connectivity index (χ4v) is 3.93. The average Bonchev–Trinajstić information content (AvgIpc) is 3.01. The van der Waals surface area contributed by atoms with Crippen LogP contribution in [0.1, 0.15) is 71.9 Å². The third kappa shape index (κ3) is 8.97. The minimum absolute atomic E-state index is 0.00476. The van der Waals surface area contributed by atoms with E-state index in [1.54, 1.807) is 6.92 Å². The van der Waals surface area contributed by atoms with Crippen molar-refractivity contribution in [3.63, 3.8) is 0 Å². The molecular weight excluding hydrogens is 385 g/mol. The van der Waals surface area contributed by atoms with E-state index in [1.807, 2.05) is 6.92 Å². The lowest BCUT2D eigenvalue weighted by molar-refractivity contribution is 0.191. The summed E-state index contributed by atoms with van der Waals surface area (Å²) in [4.78, 5) is 4.18. The van der Waals surface area contributed by atoms with Gasteiger partial charge in [-0.15, -0.1) is 0 Å². The van der Waals surface area contributed by atoms with Crippen LogP contribution in [0.25, 0.3) is 6.08 Å². The predicted molar refractivity (Wildman–Crippen MR) is 121 cm³/mol. The number of halogens is 1. The summed E-state index contributed by atoms with van der Waals surface area (Å²) in [6.07, 6.45) is 7.79. The van der Waals surface area contributed by atoms with E-state index in [1.165, 1.54) is 17.9 Å². The third-order valence-electron chi connectivity index (χ3n) is 5.73. The van der Waals surface area contributed by atoms with E-state index in [-0.39, 0.29) is 17.5 Å². The van der Waals surface area contributed by atoms with Crippen LogP contribution in [0.4, 0.5) is 4.39 Å². The summed E-state index contributed by atoms with van der Waals surface area (Å²) in [5, 5.41) is 9.14. The lowest BCUT2D eigenvalue weighted by atomic mass is 10.0. The number of hydrogen-bond donors (Lipinski definition) is 1. The molecule has 166 valence electrons. The van der Waals surface area contributed by atoms with E-state index in [0.29, 0.717) is 23.9 Å². The Morgan fingerprint density at radius 3 is 2.55 bits per heavy atom. The van der Waals surface area contributed by atoms with Gasteiger partial charge in [0.15, 0.2) is 14.2 Å². The first-order valence-electron chi connectivity index (χ1n) is 10.6. The van der Waals surface area contributed by atoms with Crippen LogP contribution in [-0.2, 0) is 4.43 Å². The maximum atomic E-state index is 15.2. The number of hydrogen-bond acceptors (Lipinski definition) is 4. The van der Waals surface area contributed by atoms with Gasteiger partial charge in [-0.1, -0.05) is 39.3 Å². The molecule has 1 heterocycles. The van der Waals surface area contributed by atoms with Crippen molar-refractivity contribution in [1.82, 2.24) is 4.98 Å². The number of aliphatic hydroxyl groups is 1. The number of rotatable bonds is 11. The Bertz CT molecular complexity index is 689. The molecule has 0 unspecified atom stereocenters. The lowest BCUT2D eigenvalue weighted by Crippen LogP contribution is -2.44. The highest BCUT2D eigenvalue weighted by Gasteiger charge is 2.39. The molecule has 0 amide bonds. The average molecular weight is 426 g/mol. The van der Waals surface area contributed by atoms with Crippen molar-refractivity contribution >= 4 is 14.4 Å². The van der Waals surface area contributed by atoms with Crippen LogP contribution in [0.5, 0.6) is 0 Å². The second kappa shape index (κ2) is 11.2. The van der Waals surface area contributed by atoms with Crippen molar-refractivity contribution < 1.29 is 18.3 Å². The Hall–Kier alpha value is -1.24. The molecule has 0 aliphatic carbocycles. The predicted octanol–water partition coefficient (Wildman–Crippen LogP) is 6.82. The number of allylic oxidation sites excluding steroid dienone is 1. The van der Waals surface area contributed by atoms with E-state index < -0.39 is 14.4 Å². The Morgan fingerprint density at radius 1 is 1.38 bits per heavy atom. The molecule has 0 radical (unpaired) electrons. The van der Waals surface area contributed by atoms with Gasteiger partial charge in [0.2, 0.25) is 0 Å². The van der Waals surface area contributed by atoms with Crippen LogP contribution in [0, 0.1) is 12.8 Å². The van der Waals surface area contributed by atoms with Gasteiger partial charge in [0.25, 0.3) is 0 Å². The second-order valence-electron chi connectivity index (χ2n) is 9.65. The molecule has 1 N–H and O–H groups in total. The highest BCUT2D eigenvalue weighted by Crippen LogP contribution is 2.39. The zero-order valence-corrected chi connectivity index (χ0v) is 20.5. The van der Waals surface area contributed by atoms with E-state index in [9.17, 15) is 0 Å². The van der Waals surface area contributed by atoms with Crippen LogP contribution in [0.3, 0.4) is 0 Å². The molecule has 0 aliphatic heterocycles. The summed E-state index contributed by atoms with van der Waals surface area (Å²) in [6.45, 7) is 16.8. The fraction of sp³-hybridized carbons (Fsp3) is 0.696. The molecule has 0 fully saturated rings. The monoisotopic (exact) mass is 425 g/mol. The maximum absolute atomic E-state index is 15.2. The summed E-state index contributed by atoms with van der Waals surface area (Å²) in [6, 6.07) is 0. The summed E-state index contributed by atoms with van der Waals surface area (Å²) in [5.41, 5.74) is 1.70. The lowest BCUT2D eigenvalue weighted by Gasteiger charge is -2.38. The van der Waals surface area contributed by atoms with E-state index in [2.05, 4.69) is 51.8 Å².